The molecular weight excluding hydrogens is 306 g/mol. The van der Waals surface area contributed by atoms with Crippen molar-refractivity contribution in [3.8, 4) is 5.75 Å². The number of hydrogen-bond donors (Lipinski definition) is 1. The summed E-state index contributed by atoms with van der Waals surface area (Å²) < 4.78 is 5.17. The van der Waals surface area contributed by atoms with E-state index < -0.39 is 5.97 Å². The van der Waals surface area contributed by atoms with Crippen LogP contribution in [0.15, 0.2) is 24.3 Å². The van der Waals surface area contributed by atoms with Gasteiger partial charge >= 0.3 is 5.97 Å². The Labute approximate surface area is 142 Å². The Hall–Kier alpha value is -2.04. The molecule has 2 saturated carbocycles. The topological polar surface area (TPSA) is 66.8 Å². The zero-order valence-corrected chi connectivity index (χ0v) is 14.1. The van der Waals surface area contributed by atoms with Crippen LogP contribution in [0.3, 0.4) is 0 Å². The highest BCUT2D eigenvalue weighted by Crippen LogP contribution is 2.35. The number of carboxylic acid groups (broad SMARTS) is 1. The minimum Gasteiger partial charge on any atom is -0.497 e. The van der Waals surface area contributed by atoms with Crippen LogP contribution in [-0.4, -0.2) is 35.0 Å². The van der Waals surface area contributed by atoms with E-state index in [-0.39, 0.29) is 17.7 Å². The first kappa shape index (κ1) is 16.8. The molecule has 2 aliphatic carbocycles. The molecule has 2 atom stereocenters. The summed E-state index contributed by atoms with van der Waals surface area (Å²) in [5, 5.41) is 9.25. The monoisotopic (exact) mass is 331 g/mol. The average Bonchev–Trinajstić information content (AvgIpc) is 3.44. The Morgan fingerprint density at radius 2 is 1.79 bits per heavy atom. The number of rotatable bonds is 6. The summed E-state index contributed by atoms with van der Waals surface area (Å²) in [4.78, 5) is 26.2. The SMILES string of the molecule is COc1ccc(CN(C(=O)C2CCCC(C(=O)O)C2)C2CC2)cc1. The molecule has 1 N–H and O–H groups in total. The number of nitrogens with zero attached hydrogens (tertiary/aromatic N) is 1. The summed E-state index contributed by atoms with van der Waals surface area (Å²) >= 11 is 0. The predicted octanol–water partition coefficient (Wildman–Crippen LogP) is 3.08. The first-order valence-corrected chi connectivity index (χ1v) is 8.74. The first-order chi connectivity index (χ1) is 11.6. The van der Waals surface area contributed by atoms with Gasteiger partial charge in [-0.2, -0.15) is 0 Å². The fourth-order valence-electron chi connectivity index (χ4n) is 3.57. The molecule has 24 heavy (non-hydrogen) atoms. The van der Waals surface area contributed by atoms with Gasteiger partial charge < -0.3 is 14.7 Å². The van der Waals surface area contributed by atoms with Crippen LogP contribution < -0.4 is 4.74 Å². The van der Waals surface area contributed by atoms with Crippen molar-refractivity contribution in [3.05, 3.63) is 29.8 Å². The van der Waals surface area contributed by atoms with Gasteiger partial charge in [0.05, 0.1) is 13.0 Å². The maximum absolute atomic E-state index is 13.0. The minimum absolute atomic E-state index is 0.138. The summed E-state index contributed by atoms with van der Waals surface area (Å²) in [5.74, 6) is -0.326. The summed E-state index contributed by atoms with van der Waals surface area (Å²) in [6.07, 6.45) is 4.93. The van der Waals surface area contributed by atoms with E-state index in [1.807, 2.05) is 29.2 Å². The lowest BCUT2D eigenvalue weighted by atomic mass is 9.80. The maximum Gasteiger partial charge on any atom is 0.306 e. The quantitative estimate of drug-likeness (QED) is 0.870. The molecule has 5 nitrogen and oxygen atoms in total. The zero-order chi connectivity index (χ0) is 17.1. The lowest BCUT2D eigenvalue weighted by molar-refractivity contribution is -0.145. The van der Waals surface area contributed by atoms with Crippen molar-refractivity contribution in [2.45, 2.75) is 51.1 Å². The van der Waals surface area contributed by atoms with Crippen LogP contribution in [-0.2, 0) is 16.1 Å². The van der Waals surface area contributed by atoms with Gasteiger partial charge in [0.2, 0.25) is 5.91 Å². The molecule has 0 spiro atoms. The molecule has 130 valence electrons. The number of amides is 1. The molecule has 2 unspecified atom stereocenters. The third-order valence-electron chi connectivity index (χ3n) is 5.16. The summed E-state index contributed by atoms with van der Waals surface area (Å²) in [6, 6.07) is 8.12. The average molecular weight is 331 g/mol. The van der Waals surface area contributed by atoms with Crippen LogP contribution in [0, 0.1) is 11.8 Å². The Kier molecular flexibility index (Phi) is 5.07. The highest BCUT2D eigenvalue weighted by atomic mass is 16.5. The van der Waals surface area contributed by atoms with Crippen molar-refractivity contribution in [2.24, 2.45) is 11.8 Å². The van der Waals surface area contributed by atoms with Gasteiger partial charge in [-0.05, 0) is 49.8 Å². The number of carbonyl (C=O) groups is 2. The second-order valence-corrected chi connectivity index (χ2v) is 6.94. The molecule has 0 aliphatic heterocycles. The van der Waals surface area contributed by atoms with Crippen LogP contribution in [0.5, 0.6) is 5.75 Å². The van der Waals surface area contributed by atoms with Crippen LogP contribution in [0.1, 0.15) is 44.1 Å². The molecule has 0 bridgehead atoms. The fraction of sp³-hybridized carbons (Fsp3) is 0.579. The molecule has 0 heterocycles. The van der Waals surface area contributed by atoms with Crippen molar-refractivity contribution in [1.82, 2.24) is 4.90 Å². The molecule has 2 fully saturated rings. The molecule has 1 aromatic carbocycles. The molecule has 0 radical (unpaired) electrons. The van der Waals surface area contributed by atoms with Gasteiger partial charge in [0.1, 0.15) is 5.75 Å². The fourth-order valence-corrected chi connectivity index (χ4v) is 3.57. The minimum atomic E-state index is -0.763. The van der Waals surface area contributed by atoms with Gasteiger partial charge in [0.25, 0.3) is 0 Å². The van der Waals surface area contributed by atoms with E-state index in [9.17, 15) is 14.7 Å². The lowest BCUT2D eigenvalue weighted by Gasteiger charge is -2.31. The van der Waals surface area contributed by atoms with E-state index in [1.54, 1.807) is 7.11 Å². The van der Waals surface area contributed by atoms with Crippen molar-refractivity contribution in [1.29, 1.82) is 0 Å². The van der Waals surface area contributed by atoms with Crippen molar-refractivity contribution >= 4 is 11.9 Å². The van der Waals surface area contributed by atoms with E-state index in [4.69, 9.17) is 4.74 Å². The number of aliphatic carboxylic acids is 1. The Balaban J connectivity index is 1.68. The summed E-state index contributed by atoms with van der Waals surface area (Å²) in [6.45, 7) is 0.599. The molecule has 2 aliphatic rings. The van der Waals surface area contributed by atoms with E-state index in [0.717, 1.165) is 37.0 Å². The standard InChI is InChI=1S/C19H25NO4/c1-24-17-9-5-13(6-10-17)12-20(16-7-8-16)18(21)14-3-2-4-15(11-14)19(22)23/h5-6,9-10,14-16H,2-4,7-8,11-12H2,1H3,(H,22,23). The number of ether oxygens (including phenoxy) is 1. The molecule has 1 aromatic rings. The number of carboxylic acids is 1. The highest BCUT2D eigenvalue weighted by Gasteiger charge is 2.38. The van der Waals surface area contributed by atoms with Gasteiger partial charge in [-0.25, -0.2) is 0 Å². The second kappa shape index (κ2) is 7.24. The number of hydrogen-bond acceptors (Lipinski definition) is 3. The van der Waals surface area contributed by atoms with Gasteiger partial charge in [-0.15, -0.1) is 0 Å². The number of benzene rings is 1. The third-order valence-corrected chi connectivity index (χ3v) is 5.16. The third kappa shape index (κ3) is 3.89. The smallest absolute Gasteiger partial charge is 0.306 e. The van der Waals surface area contributed by atoms with E-state index >= 15 is 0 Å². The molecule has 5 heteroatoms. The van der Waals surface area contributed by atoms with Crippen LogP contribution in [0.25, 0.3) is 0 Å². The van der Waals surface area contributed by atoms with Crippen molar-refractivity contribution < 1.29 is 19.4 Å². The van der Waals surface area contributed by atoms with Crippen LogP contribution >= 0.6 is 0 Å². The molecule has 0 saturated heterocycles. The molecular formula is C19H25NO4. The van der Waals surface area contributed by atoms with Gasteiger partial charge in [-0.1, -0.05) is 18.6 Å². The predicted molar refractivity (Wildman–Crippen MR) is 89.6 cm³/mol. The largest absolute Gasteiger partial charge is 0.497 e. The van der Waals surface area contributed by atoms with Gasteiger partial charge in [0.15, 0.2) is 0 Å². The second-order valence-electron chi connectivity index (χ2n) is 6.94. The first-order valence-electron chi connectivity index (χ1n) is 8.74. The Bertz CT molecular complexity index is 594. The number of carbonyl (C=O) groups excluding carboxylic acids is 1. The molecule has 3 rings (SSSR count). The van der Waals surface area contributed by atoms with E-state index in [1.165, 1.54) is 0 Å². The highest BCUT2D eigenvalue weighted by molar-refractivity contribution is 5.81. The number of methoxy groups -OCH3 is 1. The van der Waals surface area contributed by atoms with Crippen LogP contribution in [0.4, 0.5) is 0 Å². The van der Waals surface area contributed by atoms with Crippen molar-refractivity contribution in [2.75, 3.05) is 7.11 Å². The van der Waals surface area contributed by atoms with Gasteiger partial charge in [-0.3, -0.25) is 9.59 Å². The molecule has 0 aromatic heterocycles. The van der Waals surface area contributed by atoms with E-state index in [0.29, 0.717) is 25.4 Å². The van der Waals surface area contributed by atoms with Crippen molar-refractivity contribution in [3.63, 3.8) is 0 Å². The van der Waals surface area contributed by atoms with E-state index in [2.05, 4.69) is 0 Å². The summed E-state index contributed by atoms with van der Waals surface area (Å²) in [7, 11) is 1.64. The maximum atomic E-state index is 13.0. The Morgan fingerprint density at radius 1 is 1.12 bits per heavy atom. The lowest BCUT2D eigenvalue weighted by Crippen LogP contribution is -2.40. The zero-order valence-electron chi connectivity index (χ0n) is 14.1. The van der Waals surface area contributed by atoms with Crippen LogP contribution in [0.2, 0.25) is 0 Å². The molecule has 1 amide bonds. The van der Waals surface area contributed by atoms with Gasteiger partial charge in [0, 0.05) is 18.5 Å². The summed E-state index contributed by atoms with van der Waals surface area (Å²) in [5.41, 5.74) is 1.08. The normalized spacial score (nSPS) is 23.5. The Morgan fingerprint density at radius 3 is 2.38 bits per heavy atom.